The van der Waals surface area contributed by atoms with Gasteiger partial charge >= 0.3 is 0 Å². The van der Waals surface area contributed by atoms with Gasteiger partial charge in [0, 0.05) is 11.9 Å². The van der Waals surface area contributed by atoms with Crippen LogP contribution in [0.2, 0.25) is 4.34 Å². The lowest BCUT2D eigenvalue weighted by molar-refractivity contribution is -0.486. The lowest BCUT2D eigenvalue weighted by Gasteiger charge is -2.34. The Kier molecular flexibility index (Phi) is 4.00. The Hall–Kier alpha value is -1.38. The fraction of sp³-hybridized carbons (Fsp3) is 0.444. The molecule has 0 aliphatic carbocycles. The minimum Gasteiger partial charge on any atom is -0.341 e. The van der Waals surface area contributed by atoms with Gasteiger partial charge in [0.05, 0.1) is 10.9 Å². The van der Waals surface area contributed by atoms with Gasteiger partial charge in [-0.15, -0.1) is 11.3 Å². The largest absolute Gasteiger partial charge is 0.341 e. The molecule has 0 spiro atoms. The Morgan fingerprint density at radius 2 is 2.39 bits per heavy atom. The van der Waals surface area contributed by atoms with Gasteiger partial charge in [-0.3, -0.25) is 0 Å². The van der Waals surface area contributed by atoms with E-state index in [-0.39, 0.29) is 19.4 Å². The number of hydrazone groups is 1. The smallest absolute Gasteiger partial charge is 0.277 e. The zero-order valence-corrected chi connectivity index (χ0v) is 11.1. The van der Waals surface area contributed by atoms with Crippen LogP contribution in [-0.2, 0) is 11.3 Å². The summed E-state index contributed by atoms with van der Waals surface area (Å²) in [6.07, 6.45) is 0. The molecule has 7 nitrogen and oxygen atoms in total. The second-order valence-electron chi connectivity index (χ2n) is 3.70. The Labute approximate surface area is 112 Å². The third-order valence-electron chi connectivity index (χ3n) is 2.30. The molecule has 0 radical (unpaired) electrons. The first kappa shape index (κ1) is 13.1. The first-order valence-corrected chi connectivity index (χ1v) is 6.27. The molecule has 98 valence electrons. The summed E-state index contributed by atoms with van der Waals surface area (Å²) in [5.74, 6) is 0.288. The van der Waals surface area contributed by atoms with Crippen molar-refractivity contribution in [2.45, 2.75) is 6.54 Å². The molecule has 1 aromatic rings. The quantitative estimate of drug-likeness (QED) is 0.625. The summed E-state index contributed by atoms with van der Waals surface area (Å²) in [4.78, 5) is 14.8. The van der Waals surface area contributed by atoms with Crippen molar-refractivity contribution in [1.82, 2.24) is 9.80 Å². The van der Waals surface area contributed by atoms with Crippen molar-refractivity contribution < 1.29 is 9.77 Å². The van der Waals surface area contributed by atoms with E-state index < -0.39 is 5.03 Å². The third kappa shape index (κ3) is 3.09. The van der Waals surface area contributed by atoms with Crippen molar-refractivity contribution in [3.63, 3.8) is 0 Å². The van der Waals surface area contributed by atoms with Gasteiger partial charge in [-0.1, -0.05) is 11.6 Å². The Morgan fingerprint density at radius 1 is 1.61 bits per heavy atom. The second kappa shape index (κ2) is 5.51. The molecule has 1 aliphatic heterocycles. The maximum Gasteiger partial charge on any atom is 0.277 e. The molecule has 0 aromatic carbocycles. The summed E-state index contributed by atoms with van der Waals surface area (Å²) in [6, 6.07) is 3.67. The second-order valence-corrected chi connectivity index (χ2v) is 5.50. The van der Waals surface area contributed by atoms with Gasteiger partial charge in [0.2, 0.25) is 0 Å². The number of ether oxygens (including phenoxy) is 1. The minimum atomic E-state index is -0.703. The normalized spacial score (nSPS) is 18.4. The van der Waals surface area contributed by atoms with Crippen LogP contribution in [0.3, 0.4) is 0 Å². The summed E-state index contributed by atoms with van der Waals surface area (Å²) in [6.45, 7) is 1.04. The topological polar surface area (TPSA) is 71.2 Å². The van der Waals surface area contributed by atoms with E-state index in [9.17, 15) is 10.1 Å². The zero-order chi connectivity index (χ0) is 13.1. The van der Waals surface area contributed by atoms with Gasteiger partial charge in [0.25, 0.3) is 5.96 Å². The molecule has 2 heterocycles. The summed E-state index contributed by atoms with van der Waals surface area (Å²) >= 11 is 7.28. The number of halogens is 1. The highest BCUT2D eigenvalue weighted by Crippen LogP contribution is 2.23. The molecule has 1 aliphatic rings. The monoisotopic (exact) mass is 290 g/mol. The molecule has 2 rings (SSSR count). The van der Waals surface area contributed by atoms with Crippen LogP contribution in [0, 0.1) is 10.1 Å². The number of hydrogen-bond donors (Lipinski definition) is 0. The highest BCUT2D eigenvalue weighted by atomic mass is 35.5. The van der Waals surface area contributed by atoms with E-state index >= 15 is 0 Å². The van der Waals surface area contributed by atoms with Gasteiger partial charge in [0.1, 0.15) is 18.6 Å². The van der Waals surface area contributed by atoms with Crippen molar-refractivity contribution in [1.29, 1.82) is 0 Å². The molecule has 0 saturated carbocycles. The lowest BCUT2D eigenvalue weighted by Crippen LogP contribution is -2.49. The average molecular weight is 291 g/mol. The molecule has 1 saturated heterocycles. The van der Waals surface area contributed by atoms with E-state index in [2.05, 4.69) is 5.10 Å². The molecule has 0 amide bonds. The Morgan fingerprint density at radius 3 is 3.00 bits per heavy atom. The van der Waals surface area contributed by atoms with Crippen LogP contribution in [0.4, 0.5) is 0 Å². The van der Waals surface area contributed by atoms with Crippen LogP contribution in [-0.4, -0.2) is 41.3 Å². The summed E-state index contributed by atoms with van der Waals surface area (Å²) in [5, 5.41) is 13.2. The zero-order valence-electron chi connectivity index (χ0n) is 9.58. The molecular weight excluding hydrogens is 280 g/mol. The van der Waals surface area contributed by atoms with Crippen LogP contribution >= 0.6 is 22.9 Å². The Balaban J connectivity index is 2.15. The fourth-order valence-corrected chi connectivity index (χ4v) is 2.70. The predicted octanol–water partition coefficient (Wildman–Crippen LogP) is 1.63. The van der Waals surface area contributed by atoms with Crippen molar-refractivity contribution >= 4 is 28.9 Å². The number of guanidine groups is 1. The van der Waals surface area contributed by atoms with E-state index in [1.54, 1.807) is 22.9 Å². The Bertz CT molecular complexity index is 478. The van der Waals surface area contributed by atoms with E-state index in [1.807, 2.05) is 6.07 Å². The molecule has 1 aromatic heterocycles. The first-order valence-electron chi connectivity index (χ1n) is 5.07. The van der Waals surface area contributed by atoms with Gasteiger partial charge in [-0.05, 0) is 12.1 Å². The van der Waals surface area contributed by atoms with Crippen LogP contribution in [0.25, 0.3) is 0 Å². The van der Waals surface area contributed by atoms with Gasteiger partial charge in [0.15, 0.2) is 5.03 Å². The molecular formula is C9H11ClN4O3S. The molecule has 9 heteroatoms. The van der Waals surface area contributed by atoms with Gasteiger partial charge in [-0.25, -0.2) is 10.1 Å². The van der Waals surface area contributed by atoms with E-state index in [1.165, 1.54) is 11.3 Å². The summed E-state index contributed by atoms with van der Waals surface area (Å²) in [5.41, 5.74) is 0. The van der Waals surface area contributed by atoms with E-state index in [0.29, 0.717) is 10.9 Å². The average Bonchev–Trinajstić information content (AvgIpc) is 2.69. The molecule has 1 fully saturated rings. The van der Waals surface area contributed by atoms with Gasteiger partial charge < -0.3 is 14.5 Å². The molecule has 0 unspecified atom stereocenters. The van der Waals surface area contributed by atoms with Gasteiger partial charge in [-0.2, -0.15) is 0 Å². The van der Waals surface area contributed by atoms with E-state index in [4.69, 9.17) is 16.3 Å². The minimum absolute atomic E-state index is 0.270. The number of nitrogens with zero attached hydrogens (tertiary/aromatic N) is 4. The number of nitro groups is 1. The van der Waals surface area contributed by atoms with Crippen LogP contribution in [0.5, 0.6) is 0 Å². The molecule has 0 atom stereocenters. The summed E-state index contributed by atoms with van der Waals surface area (Å²) < 4.78 is 5.99. The van der Waals surface area contributed by atoms with Crippen LogP contribution in [0.1, 0.15) is 4.88 Å². The first-order chi connectivity index (χ1) is 8.56. The molecule has 18 heavy (non-hydrogen) atoms. The maximum atomic E-state index is 10.5. The predicted molar refractivity (Wildman–Crippen MR) is 67.9 cm³/mol. The number of thiophene rings is 1. The van der Waals surface area contributed by atoms with Crippen molar-refractivity contribution in [3.05, 3.63) is 31.5 Å². The number of rotatable bonds is 3. The summed E-state index contributed by atoms with van der Waals surface area (Å²) in [7, 11) is 1.69. The molecule has 0 N–H and O–H groups in total. The maximum absolute atomic E-state index is 10.5. The number of hydrogen-bond acceptors (Lipinski definition) is 4. The van der Waals surface area contributed by atoms with Crippen molar-refractivity contribution in [2.75, 3.05) is 20.5 Å². The van der Waals surface area contributed by atoms with Crippen LogP contribution in [0.15, 0.2) is 17.2 Å². The van der Waals surface area contributed by atoms with Crippen molar-refractivity contribution in [3.8, 4) is 0 Å². The lowest BCUT2D eigenvalue weighted by atomic mass is 10.4. The van der Waals surface area contributed by atoms with E-state index in [0.717, 1.165) is 4.88 Å². The molecule has 0 bridgehead atoms. The standard InChI is InChI=1S/C9H11ClN4O3S/c1-12-5-17-6-13(9(12)11-14(15)16)4-7-2-3-8(10)18-7/h2-3H,4-6H2,1H3/b11-9+. The van der Waals surface area contributed by atoms with Crippen LogP contribution < -0.4 is 0 Å². The van der Waals surface area contributed by atoms with Crippen molar-refractivity contribution in [2.24, 2.45) is 5.10 Å². The highest BCUT2D eigenvalue weighted by Gasteiger charge is 2.25. The fourth-order valence-electron chi connectivity index (χ4n) is 1.60. The highest BCUT2D eigenvalue weighted by molar-refractivity contribution is 7.16. The SMILES string of the molecule is CN1COCN(Cc2ccc(Cl)s2)/C1=N/[N+](=O)[O-]. The third-order valence-corrected chi connectivity index (χ3v) is 3.52.